The first-order valence-corrected chi connectivity index (χ1v) is 4.45. The predicted octanol–water partition coefficient (Wildman–Crippen LogP) is 1.72. The molecule has 0 saturated carbocycles. The number of hydrogen-bond donors (Lipinski definition) is 1. The van der Waals surface area contributed by atoms with Crippen molar-refractivity contribution in [2.24, 2.45) is 7.05 Å². The van der Waals surface area contributed by atoms with Gasteiger partial charge < -0.3 is 15.0 Å². The minimum absolute atomic E-state index is 0.125. The van der Waals surface area contributed by atoms with E-state index in [-0.39, 0.29) is 5.69 Å². The molecule has 0 amide bonds. The molecule has 1 aromatic heterocycles. The first-order valence-electron chi connectivity index (χ1n) is 4.45. The number of aryl methyl sites for hydroxylation is 1. The molecule has 0 aliphatic carbocycles. The van der Waals surface area contributed by atoms with Gasteiger partial charge in [0.2, 0.25) is 0 Å². The zero-order valence-corrected chi connectivity index (χ0v) is 8.54. The standard InChI is InChI=1S/C9H11F3N2O2/c1-14-5-6(13)4-7(14)8(15)16-3-2-9(10,11)12/h4-5H,2-3,13H2,1H3. The number of ether oxygens (including phenoxy) is 1. The van der Waals surface area contributed by atoms with Crippen LogP contribution in [0.1, 0.15) is 16.9 Å². The van der Waals surface area contributed by atoms with E-state index < -0.39 is 25.2 Å². The van der Waals surface area contributed by atoms with Gasteiger partial charge in [0, 0.05) is 13.2 Å². The lowest BCUT2D eigenvalue weighted by atomic mass is 10.4. The predicted molar refractivity (Wildman–Crippen MR) is 50.8 cm³/mol. The number of halogens is 3. The fourth-order valence-electron chi connectivity index (χ4n) is 1.13. The van der Waals surface area contributed by atoms with Crippen molar-refractivity contribution in [3.05, 3.63) is 18.0 Å². The van der Waals surface area contributed by atoms with Gasteiger partial charge in [-0.25, -0.2) is 4.79 Å². The van der Waals surface area contributed by atoms with Crippen LogP contribution in [0.25, 0.3) is 0 Å². The molecule has 7 heteroatoms. The number of nitrogens with two attached hydrogens (primary N) is 1. The van der Waals surface area contributed by atoms with Gasteiger partial charge in [0.25, 0.3) is 0 Å². The van der Waals surface area contributed by atoms with E-state index >= 15 is 0 Å². The van der Waals surface area contributed by atoms with Gasteiger partial charge in [-0.15, -0.1) is 0 Å². The lowest BCUT2D eigenvalue weighted by Crippen LogP contribution is -2.16. The Morgan fingerprint density at radius 2 is 2.19 bits per heavy atom. The smallest absolute Gasteiger partial charge is 0.392 e. The zero-order valence-electron chi connectivity index (χ0n) is 8.54. The summed E-state index contributed by atoms with van der Waals surface area (Å²) in [7, 11) is 1.55. The van der Waals surface area contributed by atoms with Crippen molar-refractivity contribution in [2.75, 3.05) is 12.3 Å². The van der Waals surface area contributed by atoms with Gasteiger partial charge >= 0.3 is 12.1 Å². The summed E-state index contributed by atoms with van der Waals surface area (Å²) in [5.41, 5.74) is 5.88. The largest absolute Gasteiger partial charge is 0.461 e. The van der Waals surface area contributed by atoms with E-state index in [4.69, 9.17) is 5.73 Å². The maximum absolute atomic E-state index is 11.8. The molecule has 0 atom stereocenters. The van der Waals surface area contributed by atoms with Crippen LogP contribution in [-0.2, 0) is 11.8 Å². The minimum atomic E-state index is -4.33. The van der Waals surface area contributed by atoms with E-state index in [1.54, 1.807) is 7.05 Å². The van der Waals surface area contributed by atoms with Crippen molar-refractivity contribution in [3.63, 3.8) is 0 Å². The van der Waals surface area contributed by atoms with Gasteiger partial charge in [0.15, 0.2) is 0 Å². The number of aromatic nitrogens is 1. The lowest BCUT2D eigenvalue weighted by molar-refractivity contribution is -0.141. The number of carbonyl (C=O) groups is 1. The van der Waals surface area contributed by atoms with E-state index in [0.29, 0.717) is 5.69 Å². The molecule has 1 aromatic rings. The van der Waals surface area contributed by atoms with Crippen molar-refractivity contribution < 1.29 is 22.7 Å². The molecule has 0 bridgehead atoms. The Bertz CT molecular complexity index is 385. The highest BCUT2D eigenvalue weighted by molar-refractivity contribution is 5.89. The molecule has 0 aromatic carbocycles. The van der Waals surface area contributed by atoms with Crippen LogP contribution < -0.4 is 5.73 Å². The fourth-order valence-corrected chi connectivity index (χ4v) is 1.13. The monoisotopic (exact) mass is 236 g/mol. The SMILES string of the molecule is Cn1cc(N)cc1C(=O)OCCC(F)(F)F. The Kier molecular flexibility index (Phi) is 3.46. The Labute approximate surface area is 89.8 Å². The third kappa shape index (κ3) is 3.48. The molecular formula is C9H11F3N2O2. The number of rotatable bonds is 3. The molecule has 0 aliphatic heterocycles. The molecule has 0 unspecified atom stereocenters. The van der Waals surface area contributed by atoms with Gasteiger partial charge in [-0.3, -0.25) is 0 Å². The maximum Gasteiger partial charge on any atom is 0.392 e. The first kappa shape index (κ1) is 12.4. The van der Waals surface area contributed by atoms with Crippen molar-refractivity contribution in [1.82, 2.24) is 4.57 Å². The summed E-state index contributed by atoms with van der Waals surface area (Å²) < 4.78 is 41.2. The summed E-state index contributed by atoms with van der Waals surface area (Å²) in [6.07, 6.45) is -4.01. The van der Waals surface area contributed by atoms with Crippen LogP contribution in [0.2, 0.25) is 0 Å². The molecule has 0 spiro atoms. The van der Waals surface area contributed by atoms with Gasteiger partial charge in [0.05, 0.1) is 12.1 Å². The van der Waals surface area contributed by atoms with Crippen LogP contribution in [0.3, 0.4) is 0 Å². The van der Waals surface area contributed by atoms with Crippen LogP contribution in [0.5, 0.6) is 0 Å². The van der Waals surface area contributed by atoms with E-state index in [1.807, 2.05) is 0 Å². The van der Waals surface area contributed by atoms with Crippen LogP contribution in [-0.4, -0.2) is 23.3 Å². The Balaban J connectivity index is 2.51. The van der Waals surface area contributed by atoms with Crippen molar-refractivity contribution in [1.29, 1.82) is 0 Å². The molecule has 0 saturated heterocycles. The van der Waals surface area contributed by atoms with E-state index in [1.165, 1.54) is 16.8 Å². The molecule has 1 rings (SSSR count). The summed E-state index contributed by atoms with van der Waals surface area (Å²) in [6, 6.07) is 1.34. The van der Waals surface area contributed by atoms with Gasteiger partial charge in [-0.05, 0) is 6.07 Å². The first-order chi connectivity index (χ1) is 7.29. The topological polar surface area (TPSA) is 57.2 Å². The molecule has 1 heterocycles. The number of nitrogens with zero attached hydrogens (tertiary/aromatic N) is 1. The average molecular weight is 236 g/mol. The van der Waals surface area contributed by atoms with E-state index in [2.05, 4.69) is 4.74 Å². The number of carbonyl (C=O) groups excluding carboxylic acids is 1. The van der Waals surface area contributed by atoms with Crippen LogP contribution >= 0.6 is 0 Å². The number of anilines is 1. The number of alkyl halides is 3. The third-order valence-corrected chi connectivity index (χ3v) is 1.85. The third-order valence-electron chi connectivity index (χ3n) is 1.85. The molecule has 0 fully saturated rings. The molecule has 2 N–H and O–H groups in total. The number of nitrogen functional groups attached to an aromatic ring is 1. The van der Waals surface area contributed by atoms with Crippen LogP contribution in [0.4, 0.5) is 18.9 Å². The highest BCUT2D eigenvalue weighted by atomic mass is 19.4. The summed E-state index contributed by atoms with van der Waals surface area (Å²) in [5.74, 6) is -0.816. The molecule has 0 radical (unpaired) electrons. The fraction of sp³-hybridized carbons (Fsp3) is 0.444. The normalized spacial score (nSPS) is 11.5. The summed E-state index contributed by atoms with van der Waals surface area (Å²) in [5, 5.41) is 0. The second-order valence-corrected chi connectivity index (χ2v) is 3.27. The number of esters is 1. The summed E-state index contributed by atoms with van der Waals surface area (Å²) in [6.45, 7) is -0.687. The molecule has 16 heavy (non-hydrogen) atoms. The van der Waals surface area contributed by atoms with E-state index in [0.717, 1.165) is 0 Å². The Hall–Kier alpha value is -1.66. The van der Waals surface area contributed by atoms with Crippen molar-refractivity contribution in [3.8, 4) is 0 Å². The summed E-state index contributed by atoms with van der Waals surface area (Å²) >= 11 is 0. The van der Waals surface area contributed by atoms with Gasteiger partial charge in [-0.1, -0.05) is 0 Å². The van der Waals surface area contributed by atoms with Crippen LogP contribution in [0, 0.1) is 0 Å². The molecule has 4 nitrogen and oxygen atoms in total. The average Bonchev–Trinajstić information content (AvgIpc) is 2.43. The molecule has 0 aliphatic rings. The second kappa shape index (κ2) is 4.46. The molecular weight excluding hydrogens is 225 g/mol. The van der Waals surface area contributed by atoms with E-state index in [9.17, 15) is 18.0 Å². The van der Waals surface area contributed by atoms with Crippen molar-refractivity contribution in [2.45, 2.75) is 12.6 Å². The Morgan fingerprint density at radius 1 is 1.56 bits per heavy atom. The van der Waals surface area contributed by atoms with Gasteiger partial charge in [-0.2, -0.15) is 13.2 Å². The molecule has 90 valence electrons. The summed E-state index contributed by atoms with van der Waals surface area (Å²) in [4.78, 5) is 11.3. The van der Waals surface area contributed by atoms with Crippen molar-refractivity contribution >= 4 is 11.7 Å². The maximum atomic E-state index is 11.8. The highest BCUT2D eigenvalue weighted by Crippen LogP contribution is 2.19. The minimum Gasteiger partial charge on any atom is -0.461 e. The van der Waals surface area contributed by atoms with Gasteiger partial charge in [0.1, 0.15) is 12.3 Å². The Morgan fingerprint density at radius 3 is 2.62 bits per heavy atom. The highest BCUT2D eigenvalue weighted by Gasteiger charge is 2.27. The number of hydrogen-bond acceptors (Lipinski definition) is 3. The lowest BCUT2D eigenvalue weighted by Gasteiger charge is -2.07. The zero-order chi connectivity index (χ0) is 12.3. The van der Waals surface area contributed by atoms with Crippen LogP contribution in [0.15, 0.2) is 12.3 Å². The second-order valence-electron chi connectivity index (χ2n) is 3.27. The quantitative estimate of drug-likeness (QED) is 0.813.